The van der Waals surface area contributed by atoms with Gasteiger partial charge in [0, 0.05) is 28.9 Å². The second kappa shape index (κ2) is 9.57. The molecule has 0 fully saturated rings. The van der Waals surface area contributed by atoms with Crippen LogP contribution in [-0.4, -0.2) is 29.9 Å². The number of carbonyl (C=O) groups is 1. The average Bonchev–Trinajstić information content (AvgIpc) is 2.95. The number of anilines is 2. The van der Waals surface area contributed by atoms with Crippen LogP contribution in [0, 0.1) is 0 Å². The van der Waals surface area contributed by atoms with Crippen LogP contribution in [-0.2, 0) is 17.6 Å². The number of fused-ring (bicyclic) bond motifs is 2. The van der Waals surface area contributed by atoms with Gasteiger partial charge in [-0.25, -0.2) is 4.99 Å². The second-order valence-corrected chi connectivity index (χ2v) is 9.40. The minimum atomic E-state index is -0.883. The summed E-state index contributed by atoms with van der Waals surface area (Å²) in [4.78, 5) is 19.9. The van der Waals surface area contributed by atoms with E-state index in [1.165, 1.54) is 24.0 Å². The molecular formula is C27H25ClN4OS. The van der Waals surface area contributed by atoms with Gasteiger partial charge in [0.05, 0.1) is 11.4 Å². The number of benzene rings is 3. The lowest BCUT2D eigenvalue weighted by atomic mass is 9.90. The van der Waals surface area contributed by atoms with E-state index < -0.39 is 6.17 Å². The van der Waals surface area contributed by atoms with Gasteiger partial charge < -0.3 is 15.5 Å². The Kier molecular flexibility index (Phi) is 6.35. The lowest BCUT2D eigenvalue weighted by Crippen LogP contribution is -2.47. The third-order valence-corrected chi connectivity index (χ3v) is 6.81. The number of carbonyl (C=O) groups excluding carboxylic acids is 1. The Hall–Kier alpha value is -3.22. The lowest BCUT2D eigenvalue weighted by Gasteiger charge is -2.23. The molecule has 2 aliphatic rings. The van der Waals surface area contributed by atoms with Gasteiger partial charge in [0.1, 0.15) is 0 Å². The molecule has 172 valence electrons. The summed E-state index contributed by atoms with van der Waals surface area (Å²) < 4.78 is 0. The number of benzodiazepines with no additional fused rings is 1. The van der Waals surface area contributed by atoms with E-state index in [-0.39, 0.29) is 5.91 Å². The van der Waals surface area contributed by atoms with Crippen LogP contribution < -0.4 is 15.5 Å². The van der Waals surface area contributed by atoms with Gasteiger partial charge in [-0.1, -0.05) is 54.1 Å². The Morgan fingerprint density at radius 3 is 2.68 bits per heavy atom. The van der Waals surface area contributed by atoms with E-state index in [1.54, 1.807) is 18.0 Å². The molecule has 0 bridgehead atoms. The summed E-state index contributed by atoms with van der Waals surface area (Å²) in [6.45, 7) is 0. The van der Waals surface area contributed by atoms with Gasteiger partial charge in [-0.05, 0) is 73.3 Å². The predicted octanol–water partition coefficient (Wildman–Crippen LogP) is 5.35. The van der Waals surface area contributed by atoms with Crippen molar-refractivity contribution in [2.45, 2.75) is 31.8 Å². The van der Waals surface area contributed by atoms with E-state index in [9.17, 15) is 4.79 Å². The molecule has 1 heterocycles. The van der Waals surface area contributed by atoms with E-state index in [2.05, 4.69) is 16.7 Å². The number of rotatable bonds is 3. The van der Waals surface area contributed by atoms with Crippen molar-refractivity contribution in [1.82, 2.24) is 5.32 Å². The molecule has 0 spiro atoms. The zero-order valence-corrected chi connectivity index (χ0v) is 20.4. The minimum absolute atomic E-state index is 0.200. The smallest absolute Gasteiger partial charge is 0.272 e. The Morgan fingerprint density at radius 1 is 1.06 bits per heavy atom. The standard InChI is InChI=1S/C27H25ClN4OS/c1-32-23-15-14-19(28)16-21(23)24(18-9-3-2-4-10-18)30-25(26(32)33)31-27(34)29-22-13-7-11-17-8-5-6-12-20(17)22/h2-4,7,9-11,13-16,25H,5-6,8,12H2,1H3,(H2,29,31,34). The van der Waals surface area contributed by atoms with Gasteiger partial charge in [0.25, 0.3) is 5.91 Å². The fraction of sp³-hybridized carbons (Fsp3) is 0.222. The molecule has 1 amide bonds. The van der Waals surface area contributed by atoms with E-state index in [0.29, 0.717) is 15.8 Å². The van der Waals surface area contributed by atoms with Gasteiger partial charge in [0.15, 0.2) is 5.11 Å². The Labute approximate surface area is 209 Å². The zero-order chi connectivity index (χ0) is 23.7. The molecule has 1 aliphatic carbocycles. The molecule has 5 nitrogen and oxygen atoms in total. The van der Waals surface area contributed by atoms with Gasteiger partial charge in [-0.15, -0.1) is 0 Å². The molecule has 2 N–H and O–H groups in total. The highest BCUT2D eigenvalue weighted by atomic mass is 35.5. The number of halogens is 1. The fourth-order valence-corrected chi connectivity index (χ4v) is 5.04. The highest BCUT2D eigenvalue weighted by Gasteiger charge is 2.30. The minimum Gasteiger partial charge on any atom is -0.333 e. The maximum atomic E-state index is 13.4. The SMILES string of the molecule is CN1C(=O)C(NC(=S)Nc2cccc3c2CCCC3)N=C(c2ccccc2)c2cc(Cl)ccc21. The first kappa shape index (κ1) is 22.6. The van der Waals surface area contributed by atoms with Crippen LogP contribution in [0.5, 0.6) is 0 Å². The summed E-state index contributed by atoms with van der Waals surface area (Å²) in [5.74, 6) is -0.200. The zero-order valence-electron chi connectivity index (χ0n) is 18.8. The Bertz CT molecular complexity index is 1290. The molecule has 0 radical (unpaired) electrons. The molecular weight excluding hydrogens is 464 g/mol. The third-order valence-electron chi connectivity index (χ3n) is 6.36. The van der Waals surface area contributed by atoms with Crippen LogP contribution >= 0.6 is 23.8 Å². The summed E-state index contributed by atoms with van der Waals surface area (Å²) in [6.07, 6.45) is 3.61. The van der Waals surface area contributed by atoms with Crippen LogP contribution in [0.2, 0.25) is 5.02 Å². The molecule has 3 aromatic rings. The molecule has 1 unspecified atom stereocenters. The molecule has 0 saturated carbocycles. The van der Waals surface area contributed by atoms with Crippen molar-refractivity contribution in [2.75, 3.05) is 17.3 Å². The monoisotopic (exact) mass is 488 g/mol. The van der Waals surface area contributed by atoms with Crippen LogP contribution in [0.3, 0.4) is 0 Å². The first-order valence-corrected chi connectivity index (χ1v) is 12.2. The van der Waals surface area contributed by atoms with E-state index >= 15 is 0 Å². The molecule has 34 heavy (non-hydrogen) atoms. The molecule has 0 aromatic heterocycles. The summed E-state index contributed by atoms with van der Waals surface area (Å²) in [7, 11) is 1.75. The normalized spacial score (nSPS) is 17.2. The highest BCUT2D eigenvalue weighted by molar-refractivity contribution is 7.80. The fourth-order valence-electron chi connectivity index (χ4n) is 4.65. The topological polar surface area (TPSA) is 56.7 Å². The first-order valence-electron chi connectivity index (χ1n) is 11.4. The molecule has 3 aromatic carbocycles. The molecule has 0 saturated heterocycles. The number of hydrogen-bond acceptors (Lipinski definition) is 3. The number of amides is 1. The number of aryl methyl sites for hydroxylation is 1. The summed E-state index contributed by atoms with van der Waals surface area (Å²) in [5, 5.41) is 7.42. The van der Waals surface area contributed by atoms with E-state index in [4.69, 9.17) is 28.8 Å². The second-order valence-electron chi connectivity index (χ2n) is 8.55. The number of likely N-dealkylation sites (N-methyl/N-ethyl adjacent to an activating group) is 1. The number of aliphatic imine (C=N–C) groups is 1. The van der Waals surface area contributed by atoms with Crippen LogP contribution in [0.15, 0.2) is 71.7 Å². The van der Waals surface area contributed by atoms with Gasteiger partial charge >= 0.3 is 0 Å². The first-order chi connectivity index (χ1) is 16.5. The highest BCUT2D eigenvalue weighted by Crippen LogP contribution is 2.30. The summed E-state index contributed by atoms with van der Waals surface area (Å²) in [5.41, 5.74) is 6.79. The van der Waals surface area contributed by atoms with Gasteiger partial charge in [-0.3, -0.25) is 4.79 Å². The maximum Gasteiger partial charge on any atom is 0.272 e. The van der Waals surface area contributed by atoms with Crippen molar-refractivity contribution in [2.24, 2.45) is 4.99 Å². The molecule has 7 heteroatoms. The predicted molar refractivity (Wildman–Crippen MR) is 143 cm³/mol. The quantitative estimate of drug-likeness (QED) is 0.488. The number of thiocarbonyl (C=S) groups is 1. The molecule has 1 atom stereocenters. The number of hydrogen-bond donors (Lipinski definition) is 2. The van der Waals surface area contributed by atoms with Crippen LogP contribution in [0.1, 0.15) is 35.1 Å². The van der Waals surface area contributed by atoms with Crippen molar-refractivity contribution < 1.29 is 4.79 Å². The molecule has 5 rings (SSSR count). The summed E-state index contributed by atoms with van der Waals surface area (Å²) >= 11 is 12.0. The summed E-state index contributed by atoms with van der Waals surface area (Å²) in [6, 6.07) is 21.5. The van der Waals surface area contributed by atoms with Crippen molar-refractivity contribution in [1.29, 1.82) is 0 Å². The van der Waals surface area contributed by atoms with Crippen molar-refractivity contribution >= 4 is 51.9 Å². The molecule has 1 aliphatic heterocycles. The lowest BCUT2D eigenvalue weighted by molar-refractivity contribution is -0.119. The van der Waals surface area contributed by atoms with Crippen LogP contribution in [0.4, 0.5) is 11.4 Å². The van der Waals surface area contributed by atoms with Gasteiger partial charge in [0.2, 0.25) is 6.17 Å². The number of nitrogens with one attached hydrogen (secondary N) is 2. The van der Waals surface area contributed by atoms with Crippen molar-refractivity contribution in [3.63, 3.8) is 0 Å². The van der Waals surface area contributed by atoms with Gasteiger partial charge in [-0.2, -0.15) is 0 Å². The van der Waals surface area contributed by atoms with Crippen LogP contribution in [0.25, 0.3) is 0 Å². The van der Waals surface area contributed by atoms with E-state index in [1.807, 2.05) is 54.6 Å². The average molecular weight is 489 g/mol. The largest absolute Gasteiger partial charge is 0.333 e. The third kappa shape index (κ3) is 4.43. The number of nitrogens with zero attached hydrogens (tertiary/aromatic N) is 2. The van der Waals surface area contributed by atoms with E-state index in [0.717, 1.165) is 35.3 Å². The maximum absolute atomic E-state index is 13.4. The Morgan fingerprint density at radius 2 is 1.85 bits per heavy atom. The Balaban J connectivity index is 1.48. The van der Waals surface area contributed by atoms with Crippen molar-refractivity contribution in [3.8, 4) is 0 Å². The van der Waals surface area contributed by atoms with Crippen molar-refractivity contribution in [3.05, 3.63) is 94.0 Å².